The third-order valence-electron chi connectivity index (χ3n) is 4.19. The summed E-state index contributed by atoms with van der Waals surface area (Å²) in [5, 5.41) is 2.72. The van der Waals surface area contributed by atoms with Gasteiger partial charge in [0.25, 0.3) is 0 Å². The fraction of sp³-hybridized carbons (Fsp3) is 0.562. The van der Waals surface area contributed by atoms with Gasteiger partial charge in [0.1, 0.15) is 16.4 Å². The number of nitrogens with two attached hydrogens (primary N) is 1. The third kappa shape index (κ3) is 5.00. The molecule has 1 atom stereocenters. The predicted octanol–water partition coefficient (Wildman–Crippen LogP) is 0.601. The Kier molecular flexibility index (Phi) is 8.61. The van der Waals surface area contributed by atoms with Crippen LogP contribution in [0.2, 0.25) is 0 Å². The molecule has 3 N–H and O–H groups in total. The van der Waals surface area contributed by atoms with Crippen LogP contribution in [0.3, 0.4) is 0 Å². The Hall–Kier alpha value is -1.55. The van der Waals surface area contributed by atoms with Crippen LogP contribution in [-0.4, -0.2) is 59.0 Å². The molecule has 26 heavy (non-hydrogen) atoms. The Morgan fingerprint density at radius 3 is 2.69 bits per heavy atom. The standard InChI is InChI=1S/C16H25N3O5S.ClH/c1-23-13-5-6-14(24-2)15(10-13)25(21,22)19-9-3-4-12(11-19)16(20)18-8-7-17;/h5-6,10,12H,3-4,7-9,11,17H2,1-2H3,(H,18,20);1H. The number of carbonyl (C=O) groups excluding carboxylic acids is 1. The summed E-state index contributed by atoms with van der Waals surface area (Å²) < 4.78 is 37.8. The number of halogens is 1. The number of nitrogens with zero attached hydrogens (tertiary/aromatic N) is 1. The summed E-state index contributed by atoms with van der Waals surface area (Å²) in [5.41, 5.74) is 5.39. The van der Waals surface area contributed by atoms with Gasteiger partial charge in [0.05, 0.1) is 20.1 Å². The van der Waals surface area contributed by atoms with Crippen molar-refractivity contribution in [3.8, 4) is 11.5 Å². The second kappa shape index (κ2) is 9.96. The van der Waals surface area contributed by atoms with Crippen molar-refractivity contribution < 1.29 is 22.7 Å². The predicted molar refractivity (Wildman–Crippen MR) is 100 cm³/mol. The number of carbonyl (C=O) groups is 1. The van der Waals surface area contributed by atoms with Crippen molar-refractivity contribution in [2.75, 3.05) is 40.4 Å². The summed E-state index contributed by atoms with van der Waals surface area (Å²) in [6.45, 7) is 1.23. The first-order chi connectivity index (χ1) is 11.9. The average molecular weight is 408 g/mol. The molecule has 0 saturated carbocycles. The molecule has 1 aliphatic heterocycles. The van der Waals surface area contributed by atoms with E-state index in [-0.39, 0.29) is 41.4 Å². The lowest BCUT2D eigenvalue weighted by Crippen LogP contribution is -2.46. The first-order valence-electron chi connectivity index (χ1n) is 8.14. The molecular formula is C16H26ClN3O5S. The Bertz CT molecular complexity index is 714. The molecule has 2 rings (SSSR count). The minimum Gasteiger partial charge on any atom is -0.497 e. The van der Waals surface area contributed by atoms with Crippen molar-refractivity contribution in [1.29, 1.82) is 0 Å². The molecule has 148 valence electrons. The zero-order chi connectivity index (χ0) is 18.4. The molecule has 1 saturated heterocycles. The average Bonchev–Trinajstić information content (AvgIpc) is 2.65. The van der Waals surface area contributed by atoms with Crippen LogP contribution in [0.4, 0.5) is 0 Å². The number of sulfonamides is 1. The van der Waals surface area contributed by atoms with Crippen LogP contribution in [0.5, 0.6) is 11.5 Å². The number of methoxy groups -OCH3 is 2. The summed E-state index contributed by atoms with van der Waals surface area (Å²) in [5.74, 6) is 0.124. The second-order valence-corrected chi connectivity index (χ2v) is 7.71. The maximum absolute atomic E-state index is 13.1. The molecule has 8 nitrogen and oxygen atoms in total. The molecule has 0 aromatic heterocycles. The van der Waals surface area contributed by atoms with Gasteiger partial charge in [-0.2, -0.15) is 4.31 Å². The number of ether oxygens (including phenoxy) is 2. The van der Waals surface area contributed by atoms with Gasteiger partial charge < -0.3 is 20.5 Å². The fourth-order valence-corrected chi connectivity index (χ4v) is 4.53. The number of nitrogens with one attached hydrogen (secondary N) is 1. The lowest BCUT2D eigenvalue weighted by molar-refractivity contribution is -0.126. The van der Waals surface area contributed by atoms with Gasteiger partial charge in [0.15, 0.2) is 0 Å². The highest BCUT2D eigenvalue weighted by Gasteiger charge is 2.35. The first-order valence-corrected chi connectivity index (χ1v) is 9.58. The van der Waals surface area contributed by atoms with Crippen LogP contribution in [0, 0.1) is 5.92 Å². The number of amides is 1. The molecule has 0 spiro atoms. The summed E-state index contributed by atoms with van der Waals surface area (Å²) in [6, 6.07) is 4.63. The minimum absolute atomic E-state index is 0. The lowest BCUT2D eigenvalue weighted by Gasteiger charge is -2.31. The van der Waals surface area contributed by atoms with Crippen molar-refractivity contribution in [3.63, 3.8) is 0 Å². The van der Waals surface area contributed by atoms with Crippen LogP contribution in [0.15, 0.2) is 23.1 Å². The van der Waals surface area contributed by atoms with Crippen molar-refractivity contribution in [3.05, 3.63) is 18.2 Å². The summed E-state index contributed by atoms with van der Waals surface area (Å²) in [4.78, 5) is 12.2. The number of hydrogen-bond acceptors (Lipinski definition) is 6. The molecule has 10 heteroatoms. The Balaban J connectivity index is 0.00000338. The van der Waals surface area contributed by atoms with Gasteiger partial charge in [-0.15, -0.1) is 12.4 Å². The topological polar surface area (TPSA) is 111 Å². The smallest absolute Gasteiger partial charge is 0.246 e. The SMILES string of the molecule is COc1ccc(OC)c(S(=O)(=O)N2CCCC(C(=O)NCCN)C2)c1.Cl. The van der Waals surface area contributed by atoms with Crippen LogP contribution >= 0.6 is 12.4 Å². The summed E-state index contributed by atoms with van der Waals surface area (Å²) in [6.07, 6.45) is 1.27. The normalized spacial score (nSPS) is 17.9. The molecule has 1 aliphatic rings. The van der Waals surface area contributed by atoms with Gasteiger partial charge in [0, 0.05) is 32.2 Å². The van der Waals surface area contributed by atoms with E-state index in [4.69, 9.17) is 15.2 Å². The zero-order valence-electron chi connectivity index (χ0n) is 14.9. The van der Waals surface area contributed by atoms with Crippen LogP contribution in [0.1, 0.15) is 12.8 Å². The van der Waals surface area contributed by atoms with Gasteiger partial charge in [-0.05, 0) is 25.0 Å². The van der Waals surface area contributed by atoms with E-state index < -0.39 is 10.0 Å². The molecule has 1 fully saturated rings. The van der Waals surface area contributed by atoms with Crippen LogP contribution in [-0.2, 0) is 14.8 Å². The highest BCUT2D eigenvalue weighted by atomic mass is 35.5. The van der Waals surface area contributed by atoms with E-state index >= 15 is 0 Å². The fourth-order valence-electron chi connectivity index (χ4n) is 2.84. The maximum Gasteiger partial charge on any atom is 0.246 e. The van der Waals surface area contributed by atoms with E-state index in [0.717, 1.165) is 0 Å². The molecule has 0 radical (unpaired) electrons. The van der Waals surface area contributed by atoms with Crippen molar-refractivity contribution >= 4 is 28.3 Å². The zero-order valence-corrected chi connectivity index (χ0v) is 16.6. The maximum atomic E-state index is 13.1. The number of benzene rings is 1. The van der Waals surface area contributed by atoms with E-state index in [0.29, 0.717) is 38.2 Å². The van der Waals surface area contributed by atoms with E-state index in [9.17, 15) is 13.2 Å². The molecule has 0 bridgehead atoms. The van der Waals surface area contributed by atoms with Gasteiger partial charge in [0.2, 0.25) is 15.9 Å². The number of rotatable bonds is 7. The second-order valence-electron chi connectivity index (χ2n) is 5.80. The van der Waals surface area contributed by atoms with Gasteiger partial charge in [-0.25, -0.2) is 8.42 Å². The molecule has 0 aliphatic carbocycles. The van der Waals surface area contributed by atoms with Crippen LogP contribution in [0.25, 0.3) is 0 Å². The minimum atomic E-state index is -3.80. The van der Waals surface area contributed by atoms with Crippen molar-refractivity contribution in [1.82, 2.24) is 9.62 Å². The quantitative estimate of drug-likeness (QED) is 0.684. The van der Waals surface area contributed by atoms with Gasteiger partial charge >= 0.3 is 0 Å². The van der Waals surface area contributed by atoms with Crippen molar-refractivity contribution in [2.45, 2.75) is 17.7 Å². The lowest BCUT2D eigenvalue weighted by atomic mass is 9.99. The first kappa shape index (κ1) is 22.5. The monoisotopic (exact) mass is 407 g/mol. The third-order valence-corrected chi connectivity index (χ3v) is 6.07. The van der Waals surface area contributed by atoms with Gasteiger partial charge in [-0.1, -0.05) is 0 Å². The molecule has 1 aromatic carbocycles. The summed E-state index contributed by atoms with van der Waals surface area (Å²) in [7, 11) is -0.915. The molecular weight excluding hydrogens is 382 g/mol. The largest absolute Gasteiger partial charge is 0.497 e. The number of piperidine rings is 1. The molecule has 1 unspecified atom stereocenters. The molecule has 1 amide bonds. The highest BCUT2D eigenvalue weighted by Crippen LogP contribution is 2.32. The number of hydrogen-bond donors (Lipinski definition) is 2. The molecule has 1 aromatic rings. The van der Waals surface area contributed by atoms with E-state index in [2.05, 4.69) is 5.32 Å². The van der Waals surface area contributed by atoms with Crippen molar-refractivity contribution in [2.24, 2.45) is 11.7 Å². The van der Waals surface area contributed by atoms with E-state index in [1.165, 1.54) is 24.6 Å². The summed E-state index contributed by atoms with van der Waals surface area (Å²) >= 11 is 0. The Morgan fingerprint density at radius 2 is 2.08 bits per heavy atom. The van der Waals surface area contributed by atoms with E-state index in [1.807, 2.05) is 0 Å². The Labute approximate surface area is 160 Å². The Morgan fingerprint density at radius 1 is 1.35 bits per heavy atom. The molecule has 1 heterocycles. The highest BCUT2D eigenvalue weighted by molar-refractivity contribution is 7.89. The van der Waals surface area contributed by atoms with Crippen LogP contribution < -0.4 is 20.5 Å². The van der Waals surface area contributed by atoms with E-state index in [1.54, 1.807) is 12.1 Å². The van der Waals surface area contributed by atoms with Gasteiger partial charge in [-0.3, -0.25) is 4.79 Å².